The van der Waals surface area contributed by atoms with E-state index in [4.69, 9.17) is 11.6 Å². The summed E-state index contributed by atoms with van der Waals surface area (Å²) >= 11 is 9.85. The molecule has 1 fully saturated rings. The summed E-state index contributed by atoms with van der Waals surface area (Å²) in [7, 11) is 0. The fourth-order valence-corrected chi connectivity index (χ4v) is 3.15. The highest BCUT2D eigenvalue weighted by atomic mass is 79.9. The number of benzene rings is 1. The van der Waals surface area contributed by atoms with Crippen LogP contribution in [0.3, 0.4) is 0 Å². The molecule has 0 radical (unpaired) electrons. The Hall–Kier alpha value is -0.210. The monoisotopic (exact) mass is 315 g/mol. The zero-order valence-corrected chi connectivity index (χ0v) is 12.8. The molecule has 0 N–H and O–H groups in total. The summed E-state index contributed by atoms with van der Waals surface area (Å²) in [5, 5.41) is 1.74. The lowest BCUT2D eigenvalue weighted by Crippen LogP contribution is -2.41. The summed E-state index contributed by atoms with van der Waals surface area (Å²) < 4.78 is 0. The molecule has 1 aromatic carbocycles. The number of rotatable bonds is 2. The zero-order chi connectivity index (χ0) is 12.4. The van der Waals surface area contributed by atoms with Crippen LogP contribution in [0.15, 0.2) is 18.2 Å². The molecule has 0 aliphatic carbocycles. The summed E-state index contributed by atoms with van der Waals surface area (Å²) in [6.07, 6.45) is 2.59. The van der Waals surface area contributed by atoms with Gasteiger partial charge in [-0.2, -0.15) is 0 Å². The molecule has 1 aromatic rings. The molecule has 0 saturated carbocycles. The molecule has 0 amide bonds. The first-order valence-corrected chi connectivity index (χ1v) is 7.72. The van der Waals surface area contributed by atoms with Gasteiger partial charge in [-0.1, -0.05) is 40.5 Å². The van der Waals surface area contributed by atoms with Gasteiger partial charge in [-0.25, -0.2) is 0 Å². The Morgan fingerprint density at radius 2 is 2.12 bits per heavy atom. The highest BCUT2D eigenvalue weighted by molar-refractivity contribution is 9.08. The van der Waals surface area contributed by atoms with Crippen molar-refractivity contribution in [2.45, 2.75) is 38.1 Å². The first-order valence-electron chi connectivity index (χ1n) is 6.23. The first-order chi connectivity index (χ1) is 8.11. The van der Waals surface area contributed by atoms with E-state index < -0.39 is 0 Å². The van der Waals surface area contributed by atoms with Crippen LogP contribution in [0.2, 0.25) is 5.02 Å². The Morgan fingerprint density at radius 3 is 2.76 bits per heavy atom. The van der Waals surface area contributed by atoms with Gasteiger partial charge in [-0.3, -0.25) is 0 Å². The number of nitrogens with zero attached hydrogens (tertiary/aromatic N) is 1. The van der Waals surface area contributed by atoms with Crippen LogP contribution in [-0.2, 0) is 5.33 Å². The van der Waals surface area contributed by atoms with Gasteiger partial charge < -0.3 is 4.90 Å². The zero-order valence-electron chi connectivity index (χ0n) is 10.4. The number of halogens is 2. The number of hydrogen-bond acceptors (Lipinski definition) is 1. The molecule has 2 unspecified atom stereocenters. The van der Waals surface area contributed by atoms with Crippen molar-refractivity contribution >= 4 is 33.2 Å². The predicted molar refractivity (Wildman–Crippen MR) is 79.3 cm³/mol. The molecule has 94 valence electrons. The van der Waals surface area contributed by atoms with Crippen molar-refractivity contribution in [1.29, 1.82) is 0 Å². The lowest BCUT2D eigenvalue weighted by Gasteiger charge is -2.39. The standard InChI is InChI=1S/C14H19BrClN/c1-10-3-4-11(2)17(9-10)14-6-5-12(8-15)7-13(14)16/h5-7,10-11H,3-4,8-9H2,1-2H3. The van der Waals surface area contributed by atoms with Crippen LogP contribution < -0.4 is 4.90 Å². The Labute approximate surface area is 117 Å². The molecular weight excluding hydrogens is 298 g/mol. The molecule has 17 heavy (non-hydrogen) atoms. The van der Waals surface area contributed by atoms with Crippen molar-refractivity contribution in [1.82, 2.24) is 0 Å². The van der Waals surface area contributed by atoms with Gasteiger partial charge >= 0.3 is 0 Å². The molecule has 2 atom stereocenters. The van der Waals surface area contributed by atoms with Crippen molar-refractivity contribution in [2.24, 2.45) is 5.92 Å². The third-order valence-electron chi connectivity index (χ3n) is 3.59. The van der Waals surface area contributed by atoms with E-state index in [1.54, 1.807) is 0 Å². The SMILES string of the molecule is CC1CCC(C)N(c2ccc(CBr)cc2Cl)C1. The third-order valence-corrected chi connectivity index (χ3v) is 4.54. The molecule has 0 aromatic heterocycles. The minimum atomic E-state index is 0.596. The van der Waals surface area contributed by atoms with E-state index in [9.17, 15) is 0 Å². The molecular formula is C14H19BrClN. The minimum Gasteiger partial charge on any atom is -0.367 e. The van der Waals surface area contributed by atoms with Gasteiger partial charge in [0, 0.05) is 17.9 Å². The summed E-state index contributed by atoms with van der Waals surface area (Å²) in [4.78, 5) is 2.45. The highest BCUT2D eigenvalue weighted by Crippen LogP contribution is 2.33. The molecule has 0 bridgehead atoms. The van der Waals surface area contributed by atoms with E-state index in [0.29, 0.717) is 6.04 Å². The summed E-state index contributed by atoms with van der Waals surface area (Å²) in [5.74, 6) is 0.762. The Morgan fingerprint density at radius 1 is 1.35 bits per heavy atom. The molecule has 2 rings (SSSR count). The van der Waals surface area contributed by atoms with Gasteiger partial charge in [-0.15, -0.1) is 0 Å². The number of anilines is 1. The van der Waals surface area contributed by atoms with Crippen LogP contribution in [0.5, 0.6) is 0 Å². The van der Waals surface area contributed by atoms with Crippen LogP contribution in [0.1, 0.15) is 32.3 Å². The molecule has 3 heteroatoms. The van der Waals surface area contributed by atoms with Crippen LogP contribution >= 0.6 is 27.5 Å². The fourth-order valence-electron chi connectivity index (χ4n) is 2.49. The van der Waals surface area contributed by atoms with Crippen LogP contribution in [0, 0.1) is 5.92 Å². The average molecular weight is 317 g/mol. The van der Waals surface area contributed by atoms with Gasteiger partial charge in [0.05, 0.1) is 10.7 Å². The van der Waals surface area contributed by atoms with E-state index in [1.165, 1.54) is 24.1 Å². The minimum absolute atomic E-state index is 0.596. The van der Waals surface area contributed by atoms with Crippen LogP contribution in [0.25, 0.3) is 0 Å². The van der Waals surface area contributed by atoms with E-state index in [-0.39, 0.29) is 0 Å². The summed E-state index contributed by atoms with van der Waals surface area (Å²) in [6.45, 7) is 5.73. The average Bonchev–Trinajstić information content (AvgIpc) is 2.32. The molecule has 1 heterocycles. The first kappa shape index (κ1) is 13.2. The van der Waals surface area contributed by atoms with E-state index in [0.717, 1.165) is 22.8 Å². The Kier molecular flexibility index (Phi) is 4.37. The van der Waals surface area contributed by atoms with Gasteiger partial charge in [0.1, 0.15) is 0 Å². The Bertz CT molecular complexity index is 394. The molecule has 1 aliphatic heterocycles. The molecule has 1 nitrogen and oxygen atoms in total. The lowest BCUT2D eigenvalue weighted by atomic mass is 9.94. The number of alkyl halides is 1. The van der Waals surface area contributed by atoms with E-state index in [2.05, 4.69) is 52.9 Å². The maximum atomic E-state index is 6.39. The van der Waals surface area contributed by atoms with Gasteiger partial charge in [0.2, 0.25) is 0 Å². The smallest absolute Gasteiger partial charge is 0.0642 e. The van der Waals surface area contributed by atoms with Crippen molar-refractivity contribution in [3.8, 4) is 0 Å². The van der Waals surface area contributed by atoms with Crippen molar-refractivity contribution in [3.05, 3.63) is 28.8 Å². The summed E-state index contributed by atoms with van der Waals surface area (Å²) in [6, 6.07) is 6.98. The predicted octanol–water partition coefficient (Wildman–Crippen LogP) is 4.86. The Balaban J connectivity index is 2.26. The van der Waals surface area contributed by atoms with Gasteiger partial charge in [0.15, 0.2) is 0 Å². The maximum absolute atomic E-state index is 6.39. The van der Waals surface area contributed by atoms with Crippen molar-refractivity contribution in [2.75, 3.05) is 11.4 Å². The number of hydrogen-bond donors (Lipinski definition) is 0. The normalized spacial score (nSPS) is 25.1. The second-order valence-electron chi connectivity index (χ2n) is 5.10. The number of piperidine rings is 1. The van der Waals surface area contributed by atoms with Crippen LogP contribution in [-0.4, -0.2) is 12.6 Å². The van der Waals surface area contributed by atoms with Gasteiger partial charge in [0.25, 0.3) is 0 Å². The summed E-state index contributed by atoms with van der Waals surface area (Å²) in [5.41, 5.74) is 2.42. The van der Waals surface area contributed by atoms with Crippen molar-refractivity contribution in [3.63, 3.8) is 0 Å². The van der Waals surface area contributed by atoms with Crippen molar-refractivity contribution < 1.29 is 0 Å². The lowest BCUT2D eigenvalue weighted by molar-refractivity contribution is 0.390. The van der Waals surface area contributed by atoms with Gasteiger partial charge in [-0.05, 0) is 43.4 Å². The second kappa shape index (κ2) is 5.62. The molecule has 1 aliphatic rings. The molecule has 0 spiro atoms. The highest BCUT2D eigenvalue weighted by Gasteiger charge is 2.24. The van der Waals surface area contributed by atoms with E-state index >= 15 is 0 Å². The third kappa shape index (κ3) is 2.97. The fraction of sp³-hybridized carbons (Fsp3) is 0.571. The molecule has 1 saturated heterocycles. The topological polar surface area (TPSA) is 3.24 Å². The largest absolute Gasteiger partial charge is 0.367 e. The van der Waals surface area contributed by atoms with E-state index in [1.807, 2.05) is 0 Å². The maximum Gasteiger partial charge on any atom is 0.0642 e. The quantitative estimate of drug-likeness (QED) is 0.704. The van der Waals surface area contributed by atoms with Crippen LogP contribution in [0.4, 0.5) is 5.69 Å². The second-order valence-corrected chi connectivity index (χ2v) is 6.07.